The first-order valence-electron chi connectivity index (χ1n) is 6.83. The summed E-state index contributed by atoms with van der Waals surface area (Å²) in [6, 6.07) is 14.8. The Hall–Kier alpha value is -1.87. The third kappa shape index (κ3) is 4.35. The maximum absolute atomic E-state index is 12.8. The van der Waals surface area contributed by atoms with Gasteiger partial charge in [0.1, 0.15) is 18.2 Å². The van der Waals surface area contributed by atoms with E-state index >= 15 is 0 Å². The van der Waals surface area contributed by atoms with Crippen molar-refractivity contribution in [1.82, 2.24) is 5.32 Å². The molecule has 0 heterocycles. The first kappa shape index (κ1) is 14.5. The van der Waals surface area contributed by atoms with Gasteiger partial charge in [-0.05, 0) is 23.8 Å². The van der Waals surface area contributed by atoms with E-state index in [1.807, 2.05) is 18.2 Å². The number of hydrogen-bond acceptors (Lipinski definition) is 2. The summed E-state index contributed by atoms with van der Waals surface area (Å²) in [6.07, 6.45) is 0. The Kier molecular flexibility index (Phi) is 5.13. The molecular weight excluding hydrogens is 253 g/mol. The highest BCUT2D eigenvalue weighted by atomic mass is 19.1. The number of halogens is 1. The molecule has 0 aliphatic carbocycles. The second-order valence-electron chi connectivity index (χ2n) is 5.06. The van der Waals surface area contributed by atoms with Crippen LogP contribution in [-0.4, -0.2) is 6.04 Å². The van der Waals surface area contributed by atoms with Crippen molar-refractivity contribution in [3.63, 3.8) is 0 Å². The fraction of sp³-hybridized carbons (Fsp3) is 0.294. The molecule has 0 atom stereocenters. The van der Waals surface area contributed by atoms with Crippen molar-refractivity contribution in [2.75, 3.05) is 0 Å². The maximum atomic E-state index is 12.8. The molecule has 0 aliphatic heterocycles. The van der Waals surface area contributed by atoms with Gasteiger partial charge in [0.25, 0.3) is 0 Å². The van der Waals surface area contributed by atoms with E-state index in [2.05, 4.69) is 25.2 Å². The first-order valence-corrected chi connectivity index (χ1v) is 6.83. The summed E-state index contributed by atoms with van der Waals surface area (Å²) in [7, 11) is 0. The normalized spacial score (nSPS) is 10.8. The third-order valence-corrected chi connectivity index (χ3v) is 2.98. The SMILES string of the molecule is CC(C)NCc1ccccc1OCc1ccc(F)cc1. The first-order chi connectivity index (χ1) is 9.65. The molecule has 0 amide bonds. The number of hydrogen-bond donors (Lipinski definition) is 1. The Bertz CT molecular complexity index is 537. The smallest absolute Gasteiger partial charge is 0.124 e. The van der Waals surface area contributed by atoms with E-state index in [9.17, 15) is 4.39 Å². The zero-order valence-electron chi connectivity index (χ0n) is 11.9. The lowest BCUT2D eigenvalue weighted by Gasteiger charge is -2.13. The van der Waals surface area contributed by atoms with E-state index in [4.69, 9.17) is 4.74 Å². The number of rotatable bonds is 6. The molecule has 0 unspecified atom stereocenters. The predicted molar refractivity (Wildman–Crippen MR) is 79.1 cm³/mol. The van der Waals surface area contributed by atoms with Crippen LogP contribution in [0.5, 0.6) is 5.75 Å². The Morgan fingerprint density at radius 1 is 1.05 bits per heavy atom. The van der Waals surface area contributed by atoms with Crippen molar-refractivity contribution in [2.45, 2.75) is 33.0 Å². The van der Waals surface area contributed by atoms with Gasteiger partial charge in [-0.25, -0.2) is 4.39 Å². The number of para-hydroxylation sites is 1. The zero-order valence-corrected chi connectivity index (χ0v) is 11.9. The van der Waals surface area contributed by atoms with Gasteiger partial charge in [0.05, 0.1) is 0 Å². The van der Waals surface area contributed by atoms with Gasteiger partial charge in [0.15, 0.2) is 0 Å². The van der Waals surface area contributed by atoms with Crippen LogP contribution >= 0.6 is 0 Å². The van der Waals surface area contributed by atoms with Crippen LogP contribution in [0, 0.1) is 5.82 Å². The molecule has 2 aromatic rings. The van der Waals surface area contributed by atoms with Crippen molar-refractivity contribution in [2.24, 2.45) is 0 Å². The van der Waals surface area contributed by atoms with Gasteiger partial charge in [-0.2, -0.15) is 0 Å². The molecule has 0 radical (unpaired) electrons. The standard InChI is InChI=1S/C17H20FNO/c1-13(2)19-11-15-5-3-4-6-17(15)20-12-14-7-9-16(18)10-8-14/h3-10,13,19H,11-12H2,1-2H3. The van der Waals surface area contributed by atoms with E-state index in [0.29, 0.717) is 12.6 Å². The van der Waals surface area contributed by atoms with Crippen LogP contribution in [0.2, 0.25) is 0 Å². The molecular formula is C17H20FNO. The Labute approximate surface area is 119 Å². The Morgan fingerprint density at radius 3 is 2.45 bits per heavy atom. The number of benzene rings is 2. The van der Waals surface area contributed by atoms with Crippen LogP contribution in [-0.2, 0) is 13.2 Å². The summed E-state index contributed by atoms with van der Waals surface area (Å²) in [4.78, 5) is 0. The molecule has 1 N–H and O–H groups in total. The molecule has 2 nitrogen and oxygen atoms in total. The van der Waals surface area contributed by atoms with Crippen molar-refractivity contribution in [1.29, 1.82) is 0 Å². The molecule has 0 aromatic heterocycles. The van der Waals surface area contributed by atoms with E-state index in [0.717, 1.165) is 23.4 Å². The van der Waals surface area contributed by atoms with E-state index in [1.165, 1.54) is 12.1 Å². The molecule has 0 saturated carbocycles. The lowest BCUT2D eigenvalue weighted by molar-refractivity contribution is 0.301. The fourth-order valence-electron chi connectivity index (χ4n) is 1.85. The van der Waals surface area contributed by atoms with Crippen molar-refractivity contribution in [3.05, 3.63) is 65.5 Å². The number of nitrogens with one attached hydrogen (secondary N) is 1. The average Bonchev–Trinajstić information content (AvgIpc) is 2.45. The van der Waals surface area contributed by atoms with Gasteiger partial charge in [0.2, 0.25) is 0 Å². The third-order valence-electron chi connectivity index (χ3n) is 2.98. The minimum Gasteiger partial charge on any atom is -0.489 e. The van der Waals surface area contributed by atoms with Crippen LogP contribution in [0.25, 0.3) is 0 Å². The summed E-state index contributed by atoms with van der Waals surface area (Å²) in [5, 5.41) is 3.38. The molecule has 2 aromatic carbocycles. The maximum Gasteiger partial charge on any atom is 0.124 e. The van der Waals surface area contributed by atoms with Crippen molar-refractivity contribution >= 4 is 0 Å². The van der Waals surface area contributed by atoms with Crippen LogP contribution < -0.4 is 10.1 Å². The minimum absolute atomic E-state index is 0.227. The quantitative estimate of drug-likeness (QED) is 0.861. The van der Waals surface area contributed by atoms with E-state index < -0.39 is 0 Å². The van der Waals surface area contributed by atoms with Crippen LogP contribution in [0.15, 0.2) is 48.5 Å². The number of ether oxygens (including phenoxy) is 1. The molecule has 3 heteroatoms. The van der Waals surface area contributed by atoms with Gasteiger partial charge in [-0.3, -0.25) is 0 Å². The van der Waals surface area contributed by atoms with Gasteiger partial charge >= 0.3 is 0 Å². The molecule has 20 heavy (non-hydrogen) atoms. The Balaban J connectivity index is 1.99. The minimum atomic E-state index is -0.227. The molecule has 106 valence electrons. The lowest BCUT2D eigenvalue weighted by atomic mass is 10.2. The summed E-state index contributed by atoms with van der Waals surface area (Å²) < 4.78 is 18.7. The summed E-state index contributed by atoms with van der Waals surface area (Å²) >= 11 is 0. The zero-order chi connectivity index (χ0) is 14.4. The van der Waals surface area contributed by atoms with Crippen molar-refractivity contribution < 1.29 is 9.13 Å². The lowest BCUT2D eigenvalue weighted by Crippen LogP contribution is -2.22. The van der Waals surface area contributed by atoms with Crippen LogP contribution in [0.3, 0.4) is 0 Å². The highest BCUT2D eigenvalue weighted by molar-refractivity contribution is 5.33. The van der Waals surface area contributed by atoms with Gasteiger partial charge in [-0.1, -0.05) is 44.2 Å². The monoisotopic (exact) mass is 273 g/mol. The highest BCUT2D eigenvalue weighted by Gasteiger charge is 2.04. The van der Waals surface area contributed by atoms with Gasteiger partial charge in [0, 0.05) is 18.2 Å². The fourth-order valence-corrected chi connectivity index (χ4v) is 1.85. The highest BCUT2D eigenvalue weighted by Crippen LogP contribution is 2.19. The average molecular weight is 273 g/mol. The second kappa shape index (κ2) is 7.06. The molecule has 2 rings (SSSR count). The molecule has 0 spiro atoms. The molecule has 0 aliphatic rings. The molecule has 0 fully saturated rings. The Morgan fingerprint density at radius 2 is 1.75 bits per heavy atom. The van der Waals surface area contributed by atoms with Gasteiger partial charge in [-0.15, -0.1) is 0 Å². The largest absolute Gasteiger partial charge is 0.489 e. The van der Waals surface area contributed by atoms with Crippen LogP contribution in [0.1, 0.15) is 25.0 Å². The van der Waals surface area contributed by atoms with Crippen LogP contribution in [0.4, 0.5) is 4.39 Å². The predicted octanol–water partition coefficient (Wildman–Crippen LogP) is 3.90. The molecule has 0 bridgehead atoms. The molecule has 0 saturated heterocycles. The second-order valence-corrected chi connectivity index (χ2v) is 5.06. The summed E-state index contributed by atoms with van der Waals surface area (Å²) in [6.45, 7) is 5.44. The van der Waals surface area contributed by atoms with Crippen molar-refractivity contribution in [3.8, 4) is 5.75 Å². The van der Waals surface area contributed by atoms with E-state index in [-0.39, 0.29) is 5.82 Å². The topological polar surface area (TPSA) is 21.3 Å². The summed E-state index contributed by atoms with van der Waals surface area (Å²) in [5.41, 5.74) is 2.08. The van der Waals surface area contributed by atoms with E-state index in [1.54, 1.807) is 12.1 Å². The summed E-state index contributed by atoms with van der Waals surface area (Å²) in [5.74, 6) is 0.639. The van der Waals surface area contributed by atoms with Gasteiger partial charge < -0.3 is 10.1 Å².